The lowest BCUT2D eigenvalue weighted by Gasteiger charge is -2.08. The lowest BCUT2D eigenvalue weighted by Crippen LogP contribution is -2.34. The van der Waals surface area contributed by atoms with Crippen molar-refractivity contribution in [2.24, 2.45) is 0 Å². The summed E-state index contributed by atoms with van der Waals surface area (Å²) in [6.45, 7) is 1.51. The second-order valence-corrected chi connectivity index (χ2v) is 4.45. The number of carbonyl (C=O) groups excluding carboxylic acids is 2. The third-order valence-corrected chi connectivity index (χ3v) is 2.56. The van der Waals surface area contributed by atoms with Gasteiger partial charge < -0.3 is 9.47 Å². The van der Waals surface area contributed by atoms with Crippen LogP contribution in [0.15, 0.2) is 22.7 Å². The van der Waals surface area contributed by atoms with E-state index < -0.39 is 12.0 Å². The van der Waals surface area contributed by atoms with E-state index in [1.54, 1.807) is 25.1 Å². The molecule has 0 aliphatic carbocycles. The van der Waals surface area contributed by atoms with Crippen LogP contribution >= 0.6 is 27.5 Å². The third-order valence-electron chi connectivity index (χ3n) is 1.77. The average Bonchev–Trinajstić information content (AvgIpc) is 2.28. The summed E-state index contributed by atoms with van der Waals surface area (Å²) in [5.41, 5.74) is 0. The first kappa shape index (κ1) is 14.8. The van der Waals surface area contributed by atoms with Crippen molar-refractivity contribution in [3.05, 3.63) is 27.7 Å². The molecule has 0 unspecified atom stereocenters. The molecule has 1 aromatic rings. The van der Waals surface area contributed by atoms with Crippen LogP contribution in [0.2, 0.25) is 5.02 Å². The summed E-state index contributed by atoms with van der Waals surface area (Å²) in [6.07, 6.45) is -0.798. The van der Waals surface area contributed by atoms with Crippen molar-refractivity contribution in [1.29, 1.82) is 0 Å². The summed E-state index contributed by atoms with van der Waals surface area (Å²) in [5, 5.41) is 2.37. The van der Waals surface area contributed by atoms with Gasteiger partial charge in [0.05, 0.1) is 11.6 Å². The highest BCUT2D eigenvalue weighted by Gasteiger charge is 2.10. The van der Waals surface area contributed by atoms with Crippen LogP contribution in [0.5, 0.6) is 5.75 Å². The van der Waals surface area contributed by atoms with Crippen LogP contribution in [0.3, 0.4) is 0 Å². The molecule has 0 aliphatic heterocycles. The molecule has 0 saturated heterocycles. The van der Waals surface area contributed by atoms with Gasteiger partial charge in [-0.1, -0.05) is 27.5 Å². The van der Waals surface area contributed by atoms with Crippen LogP contribution in [-0.2, 0) is 9.53 Å². The summed E-state index contributed by atoms with van der Waals surface area (Å²) in [7, 11) is 0. The summed E-state index contributed by atoms with van der Waals surface area (Å²) >= 11 is 9.14. The fourth-order valence-electron chi connectivity index (χ4n) is 1.05. The molecule has 18 heavy (non-hydrogen) atoms. The topological polar surface area (TPSA) is 64.6 Å². The van der Waals surface area contributed by atoms with Gasteiger partial charge in [0.1, 0.15) is 5.75 Å². The van der Waals surface area contributed by atoms with E-state index in [-0.39, 0.29) is 13.2 Å². The normalized spacial score (nSPS) is 9.72. The van der Waals surface area contributed by atoms with Crippen LogP contribution in [0, 0.1) is 0 Å². The lowest BCUT2D eigenvalue weighted by atomic mass is 10.3. The van der Waals surface area contributed by atoms with Gasteiger partial charge in [-0.15, -0.1) is 0 Å². The van der Waals surface area contributed by atoms with Gasteiger partial charge in [0.25, 0.3) is 5.91 Å². The fourth-order valence-corrected chi connectivity index (χ4v) is 1.78. The Kier molecular flexibility index (Phi) is 5.94. The molecular formula is C11H11BrClNO4. The molecule has 1 N–H and O–H groups in total. The van der Waals surface area contributed by atoms with Crippen LogP contribution in [0.1, 0.15) is 6.92 Å². The average molecular weight is 337 g/mol. The van der Waals surface area contributed by atoms with E-state index in [0.717, 1.165) is 4.47 Å². The molecule has 0 atom stereocenters. The van der Waals surface area contributed by atoms with Crippen molar-refractivity contribution in [3.63, 3.8) is 0 Å². The molecule has 0 saturated carbocycles. The van der Waals surface area contributed by atoms with Crippen molar-refractivity contribution in [3.8, 4) is 5.75 Å². The number of halogens is 2. The van der Waals surface area contributed by atoms with Crippen molar-refractivity contribution in [1.82, 2.24) is 5.32 Å². The van der Waals surface area contributed by atoms with Gasteiger partial charge in [0.15, 0.2) is 6.61 Å². The number of amides is 2. The van der Waals surface area contributed by atoms with Gasteiger partial charge >= 0.3 is 6.09 Å². The highest BCUT2D eigenvalue weighted by molar-refractivity contribution is 9.10. The highest BCUT2D eigenvalue weighted by Crippen LogP contribution is 2.27. The molecule has 5 nitrogen and oxygen atoms in total. The standard InChI is InChI=1S/C11H11BrClNO4/c1-2-17-11(16)14-10(15)6-18-9-4-3-7(12)5-8(9)13/h3-5H,2,6H2,1H3,(H,14,15,16). The minimum atomic E-state index is -0.798. The van der Waals surface area contributed by atoms with Crippen molar-refractivity contribution >= 4 is 39.5 Å². The molecule has 0 aliphatic rings. The first-order chi connectivity index (χ1) is 8.52. The summed E-state index contributed by atoms with van der Waals surface area (Å²) in [4.78, 5) is 22.2. The maximum Gasteiger partial charge on any atom is 0.413 e. The third kappa shape index (κ3) is 4.93. The SMILES string of the molecule is CCOC(=O)NC(=O)COc1ccc(Br)cc1Cl. The van der Waals surface area contributed by atoms with Crippen LogP contribution in [0.4, 0.5) is 4.79 Å². The first-order valence-electron chi connectivity index (χ1n) is 5.07. The Balaban J connectivity index is 2.45. The van der Waals surface area contributed by atoms with Gasteiger partial charge in [0, 0.05) is 4.47 Å². The van der Waals surface area contributed by atoms with E-state index in [1.165, 1.54) is 0 Å². The molecular weight excluding hydrogens is 325 g/mol. The Hall–Kier alpha value is -1.27. The van der Waals surface area contributed by atoms with E-state index in [0.29, 0.717) is 10.8 Å². The Morgan fingerprint density at radius 1 is 1.44 bits per heavy atom. The fraction of sp³-hybridized carbons (Fsp3) is 0.273. The van der Waals surface area contributed by atoms with Gasteiger partial charge in [-0.3, -0.25) is 10.1 Å². The molecule has 0 heterocycles. The number of imide groups is 1. The van der Waals surface area contributed by atoms with E-state index in [4.69, 9.17) is 16.3 Å². The molecule has 1 aromatic carbocycles. The maximum atomic E-state index is 11.3. The second kappa shape index (κ2) is 7.23. The number of ether oxygens (including phenoxy) is 2. The Labute approximate surface area is 118 Å². The molecule has 0 fully saturated rings. The number of benzene rings is 1. The number of carbonyl (C=O) groups is 2. The molecule has 0 aromatic heterocycles. The van der Waals surface area contributed by atoms with Crippen LogP contribution < -0.4 is 10.1 Å². The minimum absolute atomic E-state index is 0.193. The van der Waals surface area contributed by atoms with E-state index in [1.807, 2.05) is 5.32 Å². The lowest BCUT2D eigenvalue weighted by molar-refractivity contribution is -0.122. The second-order valence-electron chi connectivity index (χ2n) is 3.13. The molecule has 98 valence electrons. The zero-order valence-electron chi connectivity index (χ0n) is 9.54. The van der Waals surface area contributed by atoms with Gasteiger partial charge in [-0.25, -0.2) is 4.79 Å². The van der Waals surface area contributed by atoms with Gasteiger partial charge in [-0.05, 0) is 25.1 Å². The van der Waals surface area contributed by atoms with Gasteiger partial charge in [0.2, 0.25) is 0 Å². The van der Waals surface area contributed by atoms with Crippen molar-refractivity contribution < 1.29 is 19.1 Å². The summed E-state index contributed by atoms with van der Waals surface area (Å²) < 4.78 is 10.5. The monoisotopic (exact) mass is 335 g/mol. The van der Waals surface area contributed by atoms with Crippen molar-refractivity contribution in [2.75, 3.05) is 13.2 Å². The number of hydrogen-bond acceptors (Lipinski definition) is 4. The molecule has 0 radical (unpaired) electrons. The largest absolute Gasteiger partial charge is 0.482 e. The number of alkyl carbamates (subject to hydrolysis) is 1. The van der Waals surface area contributed by atoms with Crippen LogP contribution in [0.25, 0.3) is 0 Å². The molecule has 1 rings (SSSR count). The Morgan fingerprint density at radius 3 is 2.78 bits per heavy atom. The molecule has 0 spiro atoms. The van der Waals surface area contributed by atoms with E-state index in [9.17, 15) is 9.59 Å². The van der Waals surface area contributed by atoms with E-state index in [2.05, 4.69) is 20.7 Å². The molecule has 2 amide bonds. The predicted octanol–water partition coefficient (Wildman–Crippen LogP) is 2.75. The molecule has 0 bridgehead atoms. The maximum absolute atomic E-state index is 11.3. The zero-order chi connectivity index (χ0) is 13.5. The number of nitrogens with one attached hydrogen (secondary N) is 1. The first-order valence-corrected chi connectivity index (χ1v) is 6.24. The number of hydrogen-bond donors (Lipinski definition) is 1. The predicted molar refractivity (Wildman–Crippen MR) is 69.8 cm³/mol. The van der Waals surface area contributed by atoms with Crippen LogP contribution in [-0.4, -0.2) is 25.2 Å². The quantitative estimate of drug-likeness (QED) is 0.918. The van der Waals surface area contributed by atoms with E-state index >= 15 is 0 Å². The summed E-state index contributed by atoms with van der Waals surface area (Å²) in [6, 6.07) is 4.98. The zero-order valence-corrected chi connectivity index (χ0v) is 11.9. The smallest absolute Gasteiger partial charge is 0.413 e. The minimum Gasteiger partial charge on any atom is -0.482 e. The Morgan fingerprint density at radius 2 is 2.17 bits per heavy atom. The van der Waals surface area contributed by atoms with Gasteiger partial charge in [-0.2, -0.15) is 0 Å². The molecule has 7 heteroatoms. The van der Waals surface area contributed by atoms with Crippen molar-refractivity contribution in [2.45, 2.75) is 6.92 Å². The number of rotatable bonds is 4. The Bertz CT molecular complexity index is 453. The summed E-state index contributed by atoms with van der Waals surface area (Å²) in [5.74, 6) is -0.244. The highest BCUT2D eigenvalue weighted by atomic mass is 79.9.